The number of hydrogen-bond donors (Lipinski definition) is 1. The van der Waals surface area contributed by atoms with Gasteiger partial charge in [0.1, 0.15) is 11.5 Å². The van der Waals surface area contributed by atoms with Crippen LogP contribution in [0.2, 0.25) is 0 Å². The minimum absolute atomic E-state index is 0.102. The Morgan fingerprint density at radius 1 is 1.37 bits per heavy atom. The minimum Gasteiger partial charge on any atom is -0.497 e. The molecule has 2 N–H and O–H groups in total. The fourth-order valence-corrected chi connectivity index (χ4v) is 1.56. The summed E-state index contributed by atoms with van der Waals surface area (Å²) in [5.74, 6) is 1.30. The molecule has 1 aromatic rings. The summed E-state index contributed by atoms with van der Waals surface area (Å²) in [7, 11) is 4.89. The maximum Gasteiger partial charge on any atom is 0.246 e. The van der Waals surface area contributed by atoms with Crippen molar-refractivity contribution in [1.29, 1.82) is 0 Å². The van der Waals surface area contributed by atoms with Gasteiger partial charge in [-0.15, -0.1) is 0 Å². The molecule has 0 fully saturated rings. The quantitative estimate of drug-likeness (QED) is 0.782. The molecule has 0 bridgehead atoms. The van der Waals surface area contributed by atoms with E-state index in [9.17, 15) is 4.79 Å². The molecule has 1 aromatic carbocycles. The Bertz CT molecular complexity index is 458. The van der Waals surface area contributed by atoms with E-state index >= 15 is 0 Å². The Morgan fingerprint density at radius 2 is 2.11 bits per heavy atom. The lowest BCUT2D eigenvalue weighted by molar-refractivity contribution is -0.124. The summed E-state index contributed by atoms with van der Waals surface area (Å²) in [6.45, 7) is 0.969. The lowest BCUT2D eigenvalue weighted by atomic mass is 10.1. The van der Waals surface area contributed by atoms with Crippen LogP contribution in [0.4, 0.5) is 0 Å². The van der Waals surface area contributed by atoms with Crippen LogP contribution < -0.4 is 15.2 Å². The Morgan fingerprint density at radius 3 is 2.68 bits per heavy atom. The molecule has 0 unspecified atom stereocenters. The molecule has 5 nitrogen and oxygen atoms in total. The van der Waals surface area contributed by atoms with Gasteiger partial charge in [0.15, 0.2) is 0 Å². The summed E-state index contributed by atoms with van der Waals surface area (Å²) in [4.78, 5) is 13.3. The summed E-state index contributed by atoms with van der Waals surface area (Å²) in [6, 6.07) is 5.41. The van der Waals surface area contributed by atoms with Gasteiger partial charge in [-0.3, -0.25) is 4.79 Å². The van der Waals surface area contributed by atoms with Crippen molar-refractivity contribution in [2.45, 2.75) is 0 Å². The lowest BCUT2D eigenvalue weighted by Crippen LogP contribution is -2.30. The molecule has 19 heavy (non-hydrogen) atoms. The van der Waals surface area contributed by atoms with Gasteiger partial charge in [0, 0.05) is 31.8 Å². The number of ether oxygens (including phenoxy) is 2. The number of likely N-dealkylation sites (N-methyl/N-ethyl adjacent to an activating group) is 1. The molecule has 0 atom stereocenters. The molecule has 5 heteroatoms. The molecule has 0 heterocycles. The average molecular weight is 264 g/mol. The summed E-state index contributed by atoms with van der Waals surface area (Å²) in [5, 5.41) is 0. The Hall–Kier alpha value is -2.01. The van der Waals surface area contributed by atoms with Crippen molar-refractivity contribution in [3.8, 4) is 11.5 Å². The smallest absolute Gasteiger partial charge is 0.246 e. The molecule has 0 aliphatic heterocycles. The first kappa shape index (κ1) is 15.0. The van der Waals surface area contributed by atoms with Crippen molar-refractivity contribution < 1.29 is 14.3 Å². The third-order valence-electron chi connectivity index (χ3n) is 2.68. The highest BCUT2D eigenvalue weighted by molar-refractivity contribution is 5.92. The summed E-state index contributed by atoms with van der Waals surface area (Å²) < 4.78 is 10.4. The number of nitrogens with two attached hydrogens (primary N) is 1. The van der Waals surface area contributed by atoms with Crippen LogP contribution in [0.25, 0.3) is 6.08 Å². The van der Waals surface area contributed by atoms with Gasteiger partial charge in [-0.1, -0.05) is 0 Å². The van der Waals surface area contributed by atoms with Crippen molar-refractivity contribution in [3.63, 3.8) is 0 Å². The van der Waals surface area contributed by atoms with E-state index in [1.165, 1.54) is 6.08 Å². The Kier molecular flexibility index (Phi) is 5.89. The molecule has 1 rings (SSSR count). The summed E-state index contributed by atoms with van der Waals surface area (Å²) in [6.07, 6.45) is 3.20. The zero-order valence-electron chi connectivity index (χ0n) is 11.6. The van der Waals surface area contributed by atoms with Crippen molar-refractivity contribution >= 4 is 12.0 Å². The maximum atomic E-state index is 11.8. The molecule has 0 saturated heterocycles. The van der Waals surface area contributed by atoms with E-state index in [-0.39, 0.29) is 5.91 Å². The van der Waals surface area contributed by atoms with Gasteiger partial charge in [-0.05, 0) is 24.3 Å². The van der Waals surface area contributed by atoms with Crippen LogP contribution in [0.3, 0.4) is 0 Å². The van der Waals surface area contributed by atoms with E-state index in [2.05, 4.69) is 0 Å². The van der Waals surface area contributed by atoms with Crippen LogP contribution in [0.5, 0.6) is 11.5 Å². The van der Waals surface area contributed by atoms with E-state index in [4.69, 9.17) is 15.2 Å². The number of benzene rings is 1. The van der Waals surface area contributed by atoms with Crippen LogP contribution in [0, 0.1) is 0 Å². The predicted octanol–water partition coefficient (Wildman–Crippen LogP) is 1.13. The topological polar surface area (TPSA) is 64.8 Å². The average Bonchev–Trinajstić information content (AvgIpc) is 2.44. The fourth-order valence-electron chi connectivity index (χ4n) is 1.56. The van der Waals surface area contributed by atoms with E-state index in [0.717, 1.165) is 5.56 Å². The second-order valence-electron chi connectivity index (χ2n) is 3.99. The van der Waals surface area contributed by atoms with E-state index in [0.29, 0.717) is 24.6 Å². The number of carbonyl (C=O) groups is 1. The largest absolute Gasteiger partial charge is 0.497 e. The van der Waals surface area contributed by atoms with Crippen LogP contribution in [-0.2, 0) is 4.79 Å². The van der Waals surface area contributed by atoms with Crippen LogP contribution in [-0.4, -0.2) is 45.2 Å². The first-order valence-corrected chi connectivity index (χ1v) is 5.97. The highest BCUT2D eigenvalue weighted by atomic mass is 16.5. The lowest BCUT2D eigenvalue weighted by Gasteiger charge is -2.13. The van der Waals surface area contributed by atoms with Gasteiger partial charge in [0.25, 0.3) is 0 Å². The number of nitrogens with zero attached hydrogens (tertiary/aromatic N) is 1. The molecule has 0 aromatic heterocycles. The molecule has 0 radical (unpaired) electrons. The first-order valence-electron chi connectivity index (χ1n) is 5.97. The number of amides is 1. The fraction of sp³-hybridized carbons (Fsp3) is 0.357. The molecular formula is C14H20N2O3. The number of hydrogen-bond acceptors (Lipinski definition) is 4. The van der Waals surface area contributed by atoms with Gasteiger partial charge in [0.2, 0.25) is 5.91 Å². The molecule has 0 aliphatic rings. The minimum atomic E-state index is -0.102. The Labute approximate surface area is 113 Å². The van der Waals surface area contributed by atoms with Crippen molar-refractivity contribution in [3.05, 3.63) is 29.8 Å². The third kappa shape index (κ3) is 4.30. The number of methoxy groups -OCH3 is 2. The van der Waals surface area contributed by atoms with Gasteiger partial charge in [0.05, 0.1) is 14.2 Å². The van der Waals surface area contributed by atoms with Crippen molar-refractivity contribution in [2.75, 3.05) is 34.4 Å². The highest BCUT2D eigenvalue weighted by Gasteiger charge is 2.05. The van der Waals surface area contributed by atoms with Gasteiger partial charge in [-0.25, -0.2) is 0 Å². The van der Waals surface area contributed by atoms with Crippen LogP contribution in [0.15, 0.2) is 24.3 Å². The van der Waals surface area contributed by atoms with E-state index in [1.54, 1.807) is 44.4 Å². The maximum absolute atomic E-state index is 11.8. The van der Waals surface area contributed by atoms with E-state index < -0.39 is 0 Å². The zero-order valence-corrected chi connectivity index (χ0v) is 11.6. The predicted molar refractivity (Wildman–Crippen MR) is 75.3 cm³/mol. The van der Waals surface area contributed by atoms with Crippen molar-refractivity contribution in [1.82, 2.24) is 4.90 Å². The van der Waals surface area contributed by atoms with E-state index in [1.807, 2.05) is 6.07 Å². The number of carbonyl (C=O) groups excluding carboxylic acids is 1. The summed E-state index contributed by atoms with van der Waals surface area (Å²) in [5.41, 5.74) is 6.19. The second kappa shape index (κ2) is 7.43. The summed E-state index contributed by atoms with van der Waals surface area (Å²) >= 11 is 0. The first-order chi connectivity index (χ1) is 9.12. The van der Waals surface area contributed by atoms with Gasteiger partial charge in [-0.2, -0.15) is 0 Å². The molecule has 0 spiro atoms. The molecule has 104 valence electrons. The highest BCUT2D eigenvalue weighted by Crippen LogP contribution is 2.25. The monoisotopic (exact) mass is 264 g/mol. The SMILES string of the molecule is COc1ccc(OC)c(/C=C/C(=O)N(C)CCN)c1. The van der Waals surface area contributed by atoms with Gasteiger partial charge < -0.3 is 20.1 Å². The molecule has 1 amide bonds. The third-order valence-corrected chi connectivity index (χ3v) is 2.68. The van der Waals surface area contributed by atoms with Crippen LogP contribution in [0.1, 0.15) is 5.56 Å². The van der Waals surface area contributed by atoms with Crippen LogP contribution >= 0.6 is 0 Å². The normalized spacial score (nSPS) is 10.5. The van der Waals surface area contributed by atoms with Crippen molar-refractivity contribution in [2.24, 2.45) is 5.73 Å². The standard InChI is InChI=1S/C14H20N2O3/c1-16(9-8-15)14(17)7-4-11-10-12(18-2)5-6-13(11)19-3/h4-7,10H,8-9,15H2,1-3H3/b7-4+. The molecule has 0 saturated carbocycles. The Balaban J connectivity index is 2.88. The zero-order chi connectivity index (χ0) is 14.3. The molecular weight excluding hydrogens is 244 g/mol. The second-order valence-corrected chi connectivity index (χ2v) is 3.99. The molecule has 0 aliphatic carbocycles. The van der Waals surface area contributed by atoms with Gasteiger partial charge >= 0.3 is 0 Å². The number of rotatable bonds is 6.